The number of aliphatic hydroxyl groups is 4. The Morgan fingerprint density at radius 3 is 2.30 bits per heavy atom. The van der Waals surface area contributed by atoms with Crippen molar-refractivity contribution in [2.45, 2.75) is 56.3 Å². The molecule has 1 amide bonds. The Bertz CT molecular complexity index is 2010. The van der Waals surface area contributed by atoms with E-state index in [1.807, 2.05) is 0 Å². The molecule has 3 aromatic rings. The summed E-state index contributed by atoms with van der Waals surface area (Å²) < 4.78 is 26.0. The Morgan fingerprint density at radius 2 is 1.72 bits per heavy atom. The maximum Gasteiger partial charge on any atom is 0.354 e. The highest BCUT2D eigenvalue weighted by Crippen LogP contribution is 2.62. The van der Waals surface area contributed by atoms with Crippen LogP contribution in [0.4, 0.5) is 11.6 Å². The number of nitrogens with one attached hydrogen (secondary N) is 1. The maximum absolute atomic E-state index is 11.8. The minimum Gasteiger partial charge on any atom is -0.466 e. The number of aromatic nitrogens is 3. The van der Waals surface area contributed by atoms with Crippen LogP contribution in [-0.2, 0) is 49.4 Å². The molecule has 0 spiro atoms. The molecule has 2 aliphatic rings. The largest absolute Gasteiger partial charge is 0.466 e. The quantitative estimate of drug-likeness (QED) is 0.112. The van der Waals surface area contributed by atoms with E-state index in [0.29, 0.717) is 32.6 Å². The predicted molar refractivity (Wildman–Crippen MR) is 214 cm³/mol. The third kappa shape index (κ3) is 13.2. The van der Waals surface area contributed by atoms with Crippen molar-refractivity contribution in [1.29, 1.82) is 0 Å². The van der Waals surface area contributed by atoms with Crippen molar-refractivity contribution in [3.63, 3.8) is 0 Å². The van der Waals surface area contributed by atoms with E-state index in [9.17, 15) is 34.5 Å². The van der Waals surface area contributed by atoms with Gasteiger partial charge in [0.15, 0.2) is 6.23 Å². The van der Waals surface area contributed by atoms with Gasteiger partial charge in [-0.25, -0.2) is 14.8 Å². The molecular formula is C33H41Cl2N6O13PS2. The number of aliphatic hydroxyl groups excluding tert-OH is 4. The number of nitrogens with zero attached hydrogens (tertiary/aromatic N) is 4. The lowest BCUT2D eigenvalue weighted by Crippen LogP contribution is -2.36. The first-order valence-corrected chi connectivity index (χ1v) is 21.6. The molecule has 6 atom stereocenters. The van der Waals surface area contributed by atoms with Gasteiger partial charge in [0.2, 0.25) is 17.9 Å². The molecule has 3 heterocycles. The first-order chi connectivity index (χ1) is 27.0. The van der Waals surface area contributed by atoms with Crippen LogP contribution < -0.4 is 16.7 Å². The van der Waals surface area contributed by atoms with E-state index in [4.69, 9.17) is 69.1 Å². The zero-order valence-corrected chi connectivity index (χ0v) is 34.8. The smallest absolute Gasteiger partial charge is 0.354 e. The number of nitrogen functional groups attached to an aromatic ring is 1. The average Bonchev–Trinajstić information content (AvgIpc) is 3.40. The monoisotopic (exact) mass is 894 g/mol. The molecule has 0 radical (unpaired) electrons. The standard InChI is InChI=1S/C15H10Cl2N2O2.C10H19O6PS2.C8H12N4O5/c16-8-5-6-12-10(7-8)13(19-15(21)14(20)18-12)9-3-1-2-4-11(9)17;1-5-15-9(11)7-8(10(12)16-6-2)19-17(18,13-3)14-4;9-7-10-2-12(8(16)11-7)6-5(15)4(14)3(1-13)17-6/h1-7,15,21H,(H,18,20);8H,5-7H2,1-4H3;2-6,13-15H,1H2,(H2,9,11,16)/t;;3-,4-,5-,6-/m..1/s1. The zero-order valence-electron chi connectivity index (χ0n) is 30.8. The van der Waals surface area contributed by atoms with E-state index in [1.54, 1.807) is 56.3 Å². The number of fused-ring (bicyclic) bond motifs is 1. The van der Waals surface area contributed by atoms with E-state index in [-0.39, 0.29) is 25.6 Å². The number of carbonyl (C=O) groups excluding carboxylic acids is 3. The van der Waals surface area contributed by atoms with Gasteiger partial charge in [-0.2, -0.15) is 4.98 Å². The van der Waals surface area contributed by atoms with Crippen LogP contribution in [0.1, 0.15) is 37.6 Å². The Balaban J connectivity index is 0.000000230. The zero-order chi connectivity index (χ0) is 42.4. The lowest BCUT2D eigenvalue weighted by atomic mass is 10.0. The number of ether oxygens (including phenoxy) is 3. The molecule has 1 fully saturated rings. The minimum atomic E-state index is -2.65. The highest BCUT2D eigenvalue weighted by Gasteiger charge is 2.44. The summed E-state index contributed by atoms with van der Waals surface area (Å²) >= 11 is 18.4. The second kappa shape index (κ2) is 22.5. The summed E-state index contributed by atoms with van der Waals surface area (Å²) in [5.41, 5.74) is 3.99. The van der Waals surface area contributed by atoms with Gasteiger partial charge >= 0.3 is 17.6 Å². The number of hydrogen-bond donors (Lipinski definition) is 6. The van der Waals surface area contributed by atoms with Crippen LogP contribution in [0.3, 0.4) is 0 Å². The number of esters is 2. The molecule has 0 bridgehead atoms. The minimum absolute atomic E-state index is 0.123. The van der Waals surface area contributed by atoms with Crippen LogP contribution in [0.2, 0.25) is 10.0 Å². The van der Waals surface area contributed by atoms with Crippen molar-refractivity contribution in [2.75, 3.05) is 45.1 Å². The number of amides is 1. The molecule has 0 aliphatic carbocycles. The van der Waals surface area contributed by atoms with Crippen molar-refractivity contribution in [3.8, 4) is 0 Å². The molecule has 2 aliphatic heterocycles. The fraction of sp³-hybridized carbons (Fsp3) is 0.424. The predicted octanol–water partition coefficient (Wildman–Crippen LogP) is 2.06. The van der Waals surface area contributed by atoms with E-state index in [1.165, 1.54) is 14.2 Å². The lowest BCUT2D eigenvalue weighted by molar-refractivity contribution is -0.149. The maximum atomic E-state index is 11.8. The van der Waals surface area contributed by atoms with Gasteiger partial charge in [-0.15, -0.1) is 0 Å². The van der Waals surface area contributed by atoms with E-state index < -0.39 is 71.9 Å². The summed E-state index contributed by atoms with van der Waals surface area (Å²) in [6.45, 7) is 3.38. The number of nitrogens with two attached hydrogens (primary N) is 1. The number of rotatable bonds is 12. The van der Waals surface area contributed by atoms with E-state index >= 15 is 0 Å². The van der Waals surface area contributed by atoms with Crippen LogP contribution in [0.15, 0.2) is 58.6 Å². The van der Waals surface area contributed by atoms with Crippen molar-refractivity contribution in [3.05, 3.63) is 80.4 Å². The fourth-order valence-electron chi connectivity index (χ4n) is 4.86. The highest BCUT2D eigenvalue weighted by molar-refractivity contribution is 8.68. The van der Waals surface area contributed by atoms with Gasteiger partial charge in [-0.3, -0.25) is 19.0 Å². The van der Waals surface area contributed by atoms with E-state index in [2.05, 4.69) is 20.3 Å². The summed E-state index contributed by atoms with van der Waals surface area (Å²) in [4.78, 5) is 57.6. The molecule has 1 aromatic heterocycles. The Kier molecular flexibility index (Phi) is 18.9. The van der Waals surface area contributed by atoms with Gasteiger partial charge in [-0.1, -0.05) is 52.8 Å². The van der Waals surface area contributed by atoms with Crippen molar-refractivity contribution >= 4 is 87.3 Å². The van der Waals surface area contributed by atoms with Gasteiger partial charge in [0.05, 0.1) is 37.6 Å². The molecule has 1 saturated heterocycles. The molecule has 57 heavy (non-hydrogen) atoms. The van der Waals surface area contributed by atoms with Gasteiger partial charge < -0.3 is 54.7 Å². The second-order valence-electron chi connectivity index (χ2n) is 11.3. The van der Waals surface area contributed by atoms with Crippen molar-refractivity contribution in [1.82, 2.24) is 14.5 Å². The van der Waals surface area contributed by atoms with Crippen LogP contribution >= 0.6 is 40.3 Å². The number of benzodiazepines with no additional fused rings is 1. The number of hydrogen-bond acceptors (Lipinski definition) is 19. The number of halogens is 2. The van der Waals surface area contributed by atoms with Gasteiger partial charge in [-0.05, 0) is 49.9 Å². The summed E-state index contributed by atoms with van der Waals surface area (Å²) in [6, 6.07) is 12.1. The summed E-state index contributed by atoms with van der Waals surface area (Å²) in [6.07, 6.45) is -5.29. The van der Waals surface area contributed by atoms with Crippen LogP contribution in [0, 0.1) is 0 Å². The highest BCUT2D eigenvalue weighted by atomic mass is 35.5. The summed E-state index contributed by atoms with van der Waals surface area (Å²) in [5.74, 6) is -1.80. The fourth-order valence-corrected chi connectivity index (χ4v) is 9.13. The molecule has 2 aromatic carbocycles. The molecule has 7 N–H and O–H groups in total. The Hall–Kier alpha value is -3.57. The molecule has 2 unspecified atom stereocenters. The molecular weight excluding hydrogens is 854 g/mol. The number of aliphatic imine (C=N–C) groups is 1. The molecule has 5 rings (SSSR count). The third-order valence-electron chi connectivity index (χ3n) is 7.56. The first-order valence-electron chi connectivity index (χ1n) is 16.7. The molecule has 19 nitrogen and oxygen atoms in total. The number of carbonyl (C=O) groups is 3. The SMILES string of the molecule is CCOC(=O)CC(SP(=S)(OC)OC)C(=O)OCC.Nc1ncn([C@@H]2O[C@H](CO)[C@@H](O)[C@H]2O)c(=O)n1.O=C1Nc2ccc(Cl)cc2C(c2ccccc2Cl)=NC1O. The Morgan fingerprint density at radius 1 is 1.05 bits per heavy atom. The van der Waals surface area contributed by atoms with Crippen molar-refractivity contribution < 1.29 is 58.1 Å². The van der Waals surface area contributed by atoms with Crippen LogP contribution in [0.5, 0.6) is 0 Å². The molecule has 24 heteroatoms. The van der Waals surface area contributed by atoms with Gasteiger partial charge in [0, 0.05) is 35.4 Å². The van der Waals surface area contributed by atoms with Gasteiger partial charge in [0.25, 0.3) is 5.91 Å². The normalized spacial score (nSPS) is 20.6. The summed E-state index contributed by atoms with van der Waals surface area (Å²) in [5, 5.41) is 40.7. The van der Waals surface area contributed by atoms with Gasteiger partial charge in [0.1, 0.15) is 29.9 Å². The second-order valence-corrected chi connectivity index (χ2v) is 18.8. The average molecular weight is 896 g/mol. The number of benzene rings is 2. The van der Waals surface area contributed by atoms with Crippen LogP contribution in [0.25, 0.3) is 0 Å². The van der Waals surface area contributed by atoms with E-state index in [0.717, 1.165) is 22.3 Å². The third-order valence-corrected chi connectivity index (χ3v) is 14.0. The van der Waals surface area contributed by atoms with Crippen LogP contribution in [-0.4, -0.2) is 122 Å². The Labute approximate surface area is 345 Å². The topological polar surface area (TPSA) is 276 Å². The molecule has 0 saturated carbocycles. The summed E-state index contributed by atoms with van der Waals surface area (Å²) in [7, 11) is 2.81. The number of anilines is 2. The lowest BCUT2D eigenvalue weighted by Gasteiger charge is -2.21. The first kappa shape index (κ1) is 47.8. The van der Waals surface area contributed by atoms with Crippen molar-refractivity contribution in [2.24, 2.45) is 4.99 Å². The molecule has 312 valence electrons.